The molecule has 0 aliphatic rings. The molecule has 2 aromatic carbocycles. The molecule has 0 aliphatic carbocycles. The van der Waals surface area contributed by atoms with Crippen LogP contribution in [0.2, 0.25) is 0 Å². The third-order valence-corrected chi connectivity index (χ3v) is 5.13. The number of amides is 1. The number of nitrogens with one attached hydrogen (secondary N) is 1. The van der Waals surface area contributed by atoms with Crippen LogP contribution in [0.25, 0.3) is 0 Å². The number of nitrogens with zero attached hydrogens (tertiary/aromatic N) is 1. The Hall–Kier alpha value is -2.58. The van der Waals surface area contributed by atoms with Gasteiger partial charge in [-0.05, 0) is 24.6 Å². The van der Waals surface area contributed by atoms with E-state index in [2.05, 4.69) is 5.32 Å². The quantitative estimate of drug-likeness (QED) is 0.746. The monoisotopic (exact) mass is 392 g/mol. The van der Waals surface area contributed by atoms with Gasteiger partial charge in [-0.25, -0.2) is 8.42 Å². The summed E-state index contributed by atoms with van der Waals surface area (Å²) in [4.78, 5) is 12.4. The van der Waals surface area contributed by atoms with Crippen molar-refractivity contribution in [3.63, 3.8) is 0 Å². The summed E-state index contributed by atoms with van der Waals surface area (Å²) in [5.41, 5.74) is 2.38. The van der Waals surface area contributed by atoms with E-state index in [0.717, 1.165) is 21.7 Å². The molecular weight excluding hydrogens is 368 g/mol. The zero-order chi connectivity index (χ0) is 20.0. The third-order valence-electron chi connectivity index (χ3n) is 3.94. The number of benzene rings is 2. The van der Waals surface area contributed by atoms with Crippen molar-refractivity contribution in [2.75, 3.05) is 32.3 Å². The molecule has 0 saturated carbocycles. The van der Waals surface area contributed by atoms with Crippen molar-refractivity contribution >= 4 is 21.6 Å². The lowest BCUT2D eigenvalue weighted by molar-refractivity contribution is -0.116. The first-order valence-electron chi connectivity index (χ1n) is 8.25. The van der Waals surface area contributed by atoms with Crippen LogP contribution in [0.4, 0.5) is 5.69 Å². The van der Waals surface area contributed by atoms with Gasteiger partial charge in [0.2, 0.25) is 15.9 Å². The maximum atomic E-state index is 12.4. The summed E-state index contributed by atoms with van der Waals surface area (Å²) in [6.45, 7) is 1.79. The Morgan fingerprint density at radius 1 is 1.04 bits per heavy atom. The first-order chi connectivity index (χ1) is 12.7. The third kappa shape index (κ3) is 5.97. The predicted molar refractivity (Wildman–Crippen MR) is 105 cm³/mol. The van der Waals surface area contributed by atoms with Crippen molar-refractivity contribution in [2.45, 2.75) is 13.5 Å². The number of rotatable bonds is 8. The van der Waals surface area contributed by atoms with Crippen LogP contribution in [0, 0.1) is 6.92 Å². The largest absolute Gasteiger partial charge is 0.493 e. The average molecular weight is 392 g/mol. The van der Waals surface area contributed by atoms with E-state index < -0.39 is 15.9 Å². The van der Waals surface area contributed by atoms with Gasteiger partial charge in [-0.3, -0.25) is 4.79 Å². The fourth-order valence-corrected chi connectivity index (χ4v) is 3.20. The number of carbonyl (C=O) groups is 1. The molecule has 0 aliphatic heterocycles. The molecule has 0 unspecified atom stereocenters. The number of ether oxygens (including phenoxy) is 2. The van der Waals surface area contributed by atoms with Gasteiger partial charge in [0.05, 0.1) is 27.0 Å². The van der Waals surface area contributed by atoms with Crippen molar-refractivity contribution in [3.05, 3.63) is 53.6 Å². The van der Waals surface area contributed by atoms with Crippen molar-refractivity contribution in [2.24, 2.45) is 0 Å². The highest BCUT2D eigenvalue weighted by molar-refractivity contribution is 7.88. The second-order valence-electron chi connectivity index (χ2n) is 6.13. The number of aryl methyl sites for hydroxylation is 1. The second kappa shape index (κ2) is 8.88. The molecule has 0 atom stereocenters. The van der Waals surface area contributed by atoms with Crippen molar-refractivity contribution in [1.82, 2.24) is 4.31 Å². The second-order valence-corrected chi connectivity index (χ2v) is 8.12. The van der Waals surface area contributed by atoms with E-state index in [-0.39, 0.29) is 13.1 Å². The summed E-state index contributed by atoms with van der Waals surface area (Å²) in [6.07, 6.45) is 1.09. The number of sulfonamides is 1. The Morgan fingerprint density at radius 3 is 2.22 bits per heavy atom. The summed E-state index contributed by atoms with van der Waals surface area (Å²) >= 11 is 0. The van der Waals surface area contributed by atoms with Crippen LogP contribution in [0.5, 0.6) is 11.5 Å². The smallest absolute Gasteiger partial charge is 0.239 e. The van der Waals surface area contributed by atoms with Gasteiger partial charge in [-0.1, -0.05) is 29.8 Å². The normalized spacial score (nSPS) is 11.3. The Labute approximate surface area is 160 Å². The van der Waals surface area contributed by atoms with Gasteiger partial charge in [0.15, 0.2) is 11.5 Å². The standard InChI is InChI=1S/C19H24N2O5S/c1-14-5-7-15(8-6-14)12-21(27(4,23)24)13-19(22)20-16-9-10-17(25-2)18(11-16)26-3/h5-11H,12-13H2,1-4H3,(H,20,22). The van der Waals surface area contributed by atoms with E-state index in [4.69, 9.17) is 9.47 Å². The molecular formula is C19H24N2O5S. The Balaban J connectivity index is 2.11. The van der Waals surface area contributed by atoms with Crippen LogP contribution in [0.3, 0.4) is 0 Å². The van der Waals surface area contributed by atoms with E-state index in [1.54, 1.807) is 18.2 Å². The molecule has 0 fully saturated rings. The molecule has 2 aromatic rings. The van der Waals surface area contributed by atoms with Crippen molar-refractivity contribution < 1.29 is 22.7 Å². The van der Waals surface area contributed by atoms with Gasteiger partial charge in [0.1, 0.15) is 0 Å². The number of methoxy groups -OCH3 is 2. The van der Waals surface area contributed by atoms with Crippen LogP contribution < -0.4 is 14.8 Å². The molecule has 0 aromatic heterocycles. The lowest BCUT2D eigenvalue weighted by Crippen LogP contribution is -2.36. The Kier molecular flexibility index (Phi) is 6.81. The molecule has 1 N–H and O–H groups in total. The van der Waals surface area contributed by atoms with E-state index >= 15 is 0 Å². The van der Waals surface area contributed by atoms with E-state index in [1.165, 1.54) is 14.2 Å². The van der Waals surface area contributed by atoms with Crippen molar-refractivity contribution in [3.8, 4) is 11.5 Å². The minimum Gasteiger partial charge on any atom is -0.493 e. The highest BCUT2D eigenvalue weighted by atomic mass is 32.2. The number of anilines is 1. The Bertz CT molecular complexity index is 895. The maximum absolute atomic E-state index is 12.4. The summed E-state index contributed by atoms with van der Waals surface area (Å²) in [5.74, 6) is 0.558. The zero-order valence-electron chi connectivity index (χ0n) is 15.9. The van der Waals surface area contributed by atoms with Gasteiger partial charge in [0.25, 0.3) is 0 Å². The van der Waals surface area contributed by atoms with Gasteiger partial charge >= 0.3 is 0 Å². The lowest BCUT2D eigenvalue weighted by Gasteiger charge is -2.20. The van der Waals surface area contributed by atoms with Crippen molar-refractivity contribution in [1.29, 1.82) is 0 Å². The first kappa shape index (κ1) is 20.7. The molecule has 0 saturated heterocycles. The van der Waals surface area contributed by atoms with Crippen LogP contribution in [-0.4, -0.2) is 45.7 Å². The van der Waals surface area contributed by atoms with Crippen LogP contribution in [0.15, 0.2) is 42.5 Å². The summed E-state index contributed by atoms with van der Waals surface area (Å²) < 4.78 is 35.7. The van der Waals surface area contributed by atoms with Gasteiger partial charge < -0.3 is 14.8 Å². The molecule has 0 heterocycles. The maximum Gasteiger partial charge on any atom is 0.239 e. The minimum absolute atomic E-state index is 0.123. The highest BCUT2D eigenvalue weighted by Gasteiger charge is 2.21. The molecule has 146 valence electrons. The van der Waals surface area contributed by atoms with E-state index in [9.17, 15) is 13.2 Å². The molecule has 8 heteroatoms. The SMILES string of the molecule is COc1ccc(NC(=O)CN(Cc2ccc(C)cc2)S(C)(=O)=O)cc1OC. The first-order valence-corrected chi connectivity index (χ1v) is 10.1. The van der Waals surface area contributed by atoms with E-state index in [1.807, 2.05) is 31.2 Å². The van der Waals surface area contributed by atoms with Gasteiger partial charge in [-0.2, -0.15) is 4.31 Å². The molecule has 27 heavy (non-hydrogen) atoms. The fraction of sp³-hybridized carbons (Fsp3) is 0.316. The fourth-order valence-electron chi connectivity index (χ4n) is 2.46. The summed E-state index contributed by atoms with van der Waals surface area (Å²) in [5, 5.41) is 2.68. The lowest BCUT2D eigenvalue weighted by atomic mass is 10.1. The van der Waals surface area contributed by atoms with Gasteiger partial charge in [-0.15, -0.1) is 0 Å². The molecule has 1 amide bonds. The molecule has 0 bridgehead atoms. The van der Waals surface area contributed by atoms with Crippen LogP contribution in [-0.2, 0) is 21.4 Å². The average Bonchev–Trinajstić information content (AvgIpc) is 2.62. The number of hydrogen-bond donors (Lipinski definition) is 1. The predicted octanol–water partition coefficient (Wildman–Crippen LogP) is 2.41. The Morgan fingerprint density at radius 2 is 1.67 bits per heavy atom. The van der Waals surface area contributed by atoms with Crippen LogP contribution in [0.1, 0.15) is 11.1 Å². The van der Waals surface area contributed by atoms with Crippen LogP contribution >= 0.6 is 0 Å². The van der Waals surface area contributed by atoms with Gasteiger partial charge in [0, 0.05) is 18.3 Å². The summed E-state index contributed by atoms with van der Waals surface area (Å²) in [7, 11) is -0.541. The number of carbonyl (C=O) groups excluding carboxylic acids is 1. The zero-order valence-corrected chi connectivity index (χ0v) is 16.7. The summed E-state index contributed by atoms with van der Waals surface area (Å²) in [6, 6.07) is 12.4. The molecule has 2 rings (SSSR count). The van der Waals surface area contributed by atoms with E-state index in [0.29, 0.717) is 17.2 Å². The highest BCUT2D eigenvalue weighted by Crippen LogP contribution is 2.29. The molecule has 0 spiro atoms. The minimum atomic E-state index is -3.56. The topological polar surface area (TPSA) is 84.9 Å². The molecule has 0 radical (unpaired) electrons. The number of hydrogen-bond acceptors (Lipinski definition) is 5. The molecule has 7 nitrogen and oxygen atoms in total.